The predicted octanol–water partition coefficient (Wildman–Crippen LogP) is 2.36. The molecular weight excluding hydrogens is 373 g/mol. The maximum absolute atomic E-state index is 12.5. The van der Waals surface area contributed by atoms with Gasteiger partial charge in [-0.05, 0) is 51.1 Å². The molecule has 0 radical (unpaired) electrons. The molecule has 2 saturated heterocycles. The Hall–Kier alpha value is -1.51. The van der Waals surface area contributed by atoms with Crippen LogP contribution < -0.4 is 5.32 Å². The third kappa shape index (κ3) is 6.83. The van der Waals surface area contributed by atoms with Crippen molar-refractivity contribution in [2.24, 2.45) is 22.7 Å². The molecule has 2 atom stereocenters. The highest BCUT2D eigenvalue weighted by Gasteiger charge is 2.37. The Morgan fingerprint density at radius 1 is 1.25 bits per heavy atom. The zero-order valence-corrected chi connectivity index (χ0v) is 17.1. The minimum absolute atomic E-state index is 0.146. The molecule has 0 saturated carbocycles. The number of carbonyl (C=O) groups excluding carboxylic acids is 1. The number of hydrogen-bond acceptors (Lipinski definition) is 4. The molecule has 1 N–H and O–H groups in total. The molecule has 0 aromatic heterocycles. The summed E-state index contributed by atoms with van der Waals surface area (Å²) >= 11 is 0. The number of rotatable bonds is 6. The van der Waals surface area contributed by atoms with Gasteiger partial charge in [0.25, 0.3) is 0 Å². The van der Waals surface area contributed by atoms with Crippen molar-refractivity contribution in [2.45, 2.75) is 39.3 Å². The first-order valence-electron chi connectivity index (χ1n) is 10.1. The summed E-state index contributed by atoms with van der Waals surface area (Å²) in [4.78, 5) is 20.2. The summed E-state index contributed by atoms with van der Waals surface area (Å²) in [5.41, 5.74) is 0. The SMILES string of the molecule is CCNC(=NCCC1CCN(CC(F)(F)F)CC1)N1CC(C)C(C(=O)OC)C1. The van der Waals surface area contributed by atoms with Crippen LogP contribution in [0.25, 0.3) is 0 Å². The fourth-order valence-corrected chi connectivity index (χ4v) is 4.06. The molecule has 2 aliphatic rings. The van der Waals surface area contributed by atoms with E-state index in [1.165, 1.54) is 12.0 Å². The number of carbonyl (C=O) groups is 1. The third-order valence-electron chi connectivity index (χ3n) is 5.66. The summed E-state index contributed by atoms with van der Waals surface area (Å²) in [5.74, 6) is 1.09. The van der Waals surface area contributed by atoms with Crippen molar-refractivity contribution in [1.29, 1.82) is 0 Å². The van der Waals surface area contributed by atoms with E-state index in [4.69, 9.17) is 9.73 Å². The van der Waals surface area contributed by atoms with E-state index in [1.54, 1.807) is 0 Å². The quantitative estimate of drug-likeness (QED) is 0.417. The van der Waals surface area contributed by atoms with Crippen LogP contribution in [-0.4, -0.2) is 80.8 Å². The Morgan fingerprint density at radius 2 is 1.93 bits per heavy atom. The number of methoxy groups -OCH3 is 1. The minimum atomic E-state index is -4.12. The second kappa shape index (κ2) is 10.3. The molecule has 0 aromatic rings. The predicted molar refractivity (Wildman–Crippen MR) is 102 cm³/mol. The van der Waals surface area contributed by atoms with Crippen LogP contribution in [-0.2, 0) is 9.53 Å². The van der Waals surface area contributed by atoms with Gasteiger partial charge in [0.1, 0.15) is 0 Å². The van der Waals surface area contributed by atoms with Crippen LogP contribution in [0.3, 0.4) is 0 Å². The Kier molecular flexibility index (Phi) is 8.39. The van der Waals surface area contributed by atoms with Crippen molar-refractivity contribution in [2.75, 3.05) is 52.9 Å². The van der Waals surface area contributed by atoms with Crippen molar-refractivity contribution >= 4 is 11.9 Å². The first kappa shape index (κ1) is 22.8. The van der Waals surface area contributed by atoms with E-state index in [0.29, 0.717) is 32.1 Å². The number of hydrogen-bond donors (Lipinski definition) is 1. The number of likely N-dealkylation sites (tertiary alicyclic amines) is 2. The number of aliphatic imine (C=N–C) groups is 1. The highest BCUT2D eigenvalue weighted by atomic mass is 19.4. The largest absolute Gasteiger partial charge is 0.469 e. The summed E-state index contributed by atoms with van der Waals surface area (Å²) in [6.07, 6.45) is -1.67. The van der Waals surface area contributed by atoms with Crippen molar-refractivity contribution in [3.63, 3.8) is 0 Å². The van der Waals surface area contributed by atoms with Crippen LogP contribution in [0.4, 0.5) is 13.2 Å². The van der Waals surface area contributed by atoms with E-state index in [2.05, 4.69) is 10.2 Å². The summed E-state index contributed by atoms with van der Waals surface area (Å²) in [7, 11) is 1.41. The maximum atomic E-state index is 12.5. The second-order valence-corrected chi connectivity index (χ2v) is 7.87. The van der Waals surface area contributed by atoms with Crippen LogP contribution >= 0.6 is 0 Å². The standard InChI is InChI=1S/C19H33F3N4O2/c1-4-23-18(26-11-14(2)16(12-26)17(27)28-3)24-8-5-15-6-9-25(10-7-15)13-19(20,21)22/h14-16H,4-13H2,1-3H3,(H,23,24). The zero-order chi connectivity index (χ0) is 20.7. The van der Waals surface area contributed by atoms with E-state index < -0.39 is 12.7 Å². The van der Waals surface area contributed by atoms with Gasteiger partial charge in [0.05, 0.1) is 19.6 Å². The Labute approximate surface area is 165 Å². The molecule has 0 bridgehead atoms. The van der Waals surface area contributed by atoms with E-state index in [0.717, 1.165) is 38.3 Å². The van der Waals surface area contributed by atoms with Crippen LogP contribution in [0.2, 0.25) is 0 Å². The van der Waals surface area contributed by atoms with Gasteiger partial charge in [-0.2, -0.15) is 13.2 Å². The summed E-state index contributed by atoms with van der Waals surface area (Å²) < 4.78 is 42.3. The Balaban J connectivity index is 1.81. The van der Waals surface area contributed by atoms with Gasteiger partial charge in [-0.3, -0.25) is 14.7 Å². The first-order valence-corrected chi connectivity index (χ1v) is 10.1. The van der Waals surface area contributed by atoms with Gasteiger partial charge in [-0.25, -0.2) is 0 Å². The molecule has 0 amide bonds. The second-order valence-electron chi connectivity index (χ2n) is 7.87. The molecule has 2 heterocycles. The Bertz CT molecular complexity index is 534. The fourth-order valence-electron chi connectivity index (χ4n) is 4.06. The number of nitrogens with one attached hydrogen (secondary N) is 1. The molecule has 0 spiro atoms. The van der Waals surface area contributed by atoms with Gasteiger partial charge in [0.15, 0.2) is 5.96 Å². The molecule has 28 heavy (non-hydrogen) atoms. The molecule has 162 valence electrons. The maximum Gasteiger partial charge on any atom is 0.401 e. The van der Waals surface area contributed by atoms with Gasteiger partial charge >= 0.3 is 12.1 Å². The molecule has 2 fully saturated rings. The minimum Gasteiger partial charge on any atom is -0.469 e. The molecule has 9 heteroatoms. The smallest absolute Gasteiger partial charge is 0.401 e. The number of ether oxygens (including phenoxy) is 1. The number of halogens is 3. The zero-order valence-electron chi connectivity index (χ0n) is 17.1. The van der Waals surface area contributed by atoms with Gasteiger partial charge in [-0.1, -0.05) is 6.92 Å². The van der Waals surface area contributed by atoms with Gasteiger partial charge in [-0.15, -0.1) is 0 Å². The average molecular weight is 406 g/mol. The van der Waals surface area contributed by atoms with Crippen LogP contribution in [0.1, 0.15) is 33.1 Å². The van der Waals surface area contributed by atoms with E-state index in [1.807, 2.05) is 13.8 Å². The third-order valence-corrected chi connectivity index (χ3v) is 5.66. The Morgan fingerprint density at radius 3 is 2.50 bits per heavy atom. The summed E-state index contributed by atoms with van der Waals surface area (Å²) in [6, 6.07) is 0. The van der Waals surface area contributed by atoms with Crippen molar-refractivity contribution in [3.05, 3.63) is 0 Å². The molecular formula is C19H33F3N4O2. The van der Waals surface area contributed by atoms with Crippen molar-refractivity contribution < 1.29 is 22.7 Å². The van der Waals surface area contributed by atoms with Gasteiger partial charge in [0, 0.05) is 26.2 Å². The van der Waals surface area contributed by atoms with E-state index >= 15 is 0 Å². The van der Waals surface area contributed by atoms with Crippen LogP contribution in [0, 0.1) is 17.8 Å². The lowest BCUT2D eigenvalue weighted by molar-refractivity contribution is -0.148. The molecule has 6 nitrogen and oxygen atoms in total. The first-order chi connectivity index (χ1) is 13.2. The average Bonchev–Trinajstić information content (AvgIpc) is 3.02. The summed E-state index contributed by atoms with van der Waals surface area (Å²) in [5, 5.41) is 3.28. The monoisotopic (exact) mass is 406 g/mol. The molecule has 0 aliphatic carbocycles. The summed E-state index contributed by atoms with van der Waals surface area (Å²) in [6.45, 7) is 6.95. The molecule has 2 aliphatic heterocycles. The highest BCUT2D eigenvalue weighted by molar-refractivity contribution is 5.82. The molecule has 2 unspecified atom stereocenters. The van der Waals surface area contributed by atoms with Gasteiger partial charge in [0.2, 0.25) is 0 Å². The normalized spacial score (nSPS) is 25.2. The number of guanidine groups is 1. The van der Waals surface area contributed by atoms with Crippen LogP contribution in [0.5, 0.6) is 0 Å². The number of alkyl halides is 3. The lowest BCUT2D eigenvalue weighted by Gasteiger charge is -2.32. The number of nitrogens with zero attached hydrogens (tertiary/aromatic N) is 3. The van der Waals surface area contributed by atoms with Gasteiger partial charge < -0.3 is 15.0 Å². The lowest BCUT2D eigenvalue weighted by atomic mass is 9.93. The van der Waals surface area contributed by atoms with Crippen molar-refractivity contribution in [3.8, 4) is 0 Å². The lowest BCUT2D eigenvalue weighted by Crippen LogP contribution is -2.41. The van der Waals surface area contributed by atoms with Crippen molar-refractivity contribution in [1.82, 2.24) is 15.1 Å². The van der Waals surface area contributed by atoms with Crippen LogP contribution in [0.15, 0.2) is 4.99 Å². The topological polar surface area (TPSA) is 57.2 Å². The molecule has 2 rings (SSSR count). The van der Waals surface area contributed by atoms with E-state index in [9.17, 15) is 18.0 Å². The van der Waals surface area contributed by atoms with E-state index in [-0.39, 0.29) is 17.8 Å². The molecule has 0 aromatic carbocycles. The fraction of sp³-hybridized carbons (Fsp3) is 0.895. The number of piperidine rings is 1. The number of esters is 1. The highest BCUT2D eigenvalue weighted by Crippen LogP contribution is 2.26.